The van der Waals surface area contributed by atoms with Crippen molar-refractivity contribution in [3.8, 4) is 17.2 Å². The molecule has 0 saturated carbocycles. The molecule has 0 aliphatic heterocycles. The number of pyridine rings is 1. The summed E-state index contributed by atoms with van der Waals surface area (Å²) >= 11 is 5.98. The van der Waals surface area contributed by atoms with Gasteiger partial charge in [0.05, 0.1) is 17.9 Å². The maximum atomic E-state index is 12.4. The number of halogens is 1. The van der Waals surface area contributed by atoms with Gasteiger partial charge in [0.1, 0.15) is 16.7 Å². The Balaban J connectivity index is 1.78. The van der Waals surface area contributed by atoms with E-state index in [2.05, 4.69) is 10.3 Å². The van der Waals surface area contributed by atoms with Crippen molar-refractivity contribution in [3.63, 3.8) is 0 Å². The highest BCUT2D eigenvalue weighted by molar-refractivity contribution is 6.33. The van der Waals surface area contributed by atoms with E-state index in [4.69, 9.17) is 21.1 Å². The first-order valence-electron chi connectivity index (χ1n) is 8.09. The zero-order valence-corrected chi connectivity index (χ0v) is 14.9. The van der Waals surface area contributed by atoms with Gasteiger partial charge >= 0.3 is 0 Å². The average Bonchev–Trinajstić information content (AvgIpc) is 2.65. The highest BCUT2D eigenvalue weighted by Gasteiger charge is 2.13. The van der Waals surface area contributed by atoms with Gasteiger partial charge in [-0.25, -0.2) is 4.98 Å². The van der Waals surface area contributed by atoms with Gasteiger partial charge in [-0.1, -0.05) is 23.7 Å². The predicted molar refractivity (Wildman–Crippen MR) is 101 cm³/mol. The quantitative estimate of drug-likeness (QED) is 0.609. The minimum absolute atomic E-state index is 0.148. The van der Waals surface area contributed by atoms with Crippen molar-refractivity contribution in [3.05, 3.63) is 77.6 Å². The van der Waals surface area contributed by atoms with E-state index in [0.717, 1.165) is 5.75 Å². The minimum atomic E-state index is -0.356. The van der Waals surface area contributed by atoms with Crippen LogP contribution in [0.15, 0.2) is 66.9 Å². The third-order valence-electron chi connectivity index (χ3n) is 3.50. The molecule has 132 valence electrons. The molecule has 1 aromatic heterocycles. The topological polar surface area (TPSA) is 60.5 Å². The van der Waals surface area contributed by atoms with Gasteiger partial charge in [-0.2, -0.15) is 0 Å². The summed E-state index contributed by atoms with van der Waals surface area (Å²) in [7, 11) is 0. The van der Waals surface area contributed by atoms with Crippen molar-refractivity contribution in [2.45, 2.75) is 6.92 Å². The maximum Gasteiger partial charge on any atom is 0.258 e. The number of aromatic nitrogens is 1. The number of benzene rings is 2. The van der Waals surface area contributed by atoms with Crippen molar-refractivity contribution < 1.29 is 14.3 Å². The third-order valence-corrected chi connectivity index (χ3v) is 3.80. The van der Waals surface area contributed by atoms with E-state index in [0.29, 0.717) is 29.4 Å². The van der Waals surface area contributed by atoms with Gasteiger partial charge in [0.15, 0.2) is 5.75 Å². The lowest BCUT2D eigenvalue weighted by Gasteiger charge is -2.13. The van der Waals surface area contributed by atoms with E-state index in [-0.39, 0.29) is 11.1 Å². The van der Waals surface area contributed by atoms with E-state index in [9.17, 15) is 4.79 Å². The third kappa shape index (κ3) is 4.32. The van der Waals surface area contributed by atoms with Crippen LogP contribution >= 0.6 is 11.6 Å². The molecule has 0 atom stereocenters. The normalized spacial score (nSPS) is 10.2. The van der Waals surface area contributed by atoms with Crippen LogP contribution in [0.5, 0.6) is 17.2 Å². The van der Waals surface area contributed by atoms with Crippen molar-refractivity contribution in [2.24, 2.45) is 0 Å². The Morgan fingerprint density at radius 3 is 2.50 bits per heavy atom. The molecule has 0 aliphatic carbocycles. The van der Waals surface area contributed by atoms with Crippen LogP contribution < -0.4 is 14.8 Å². The Bertz CT molecular complexity index is 898. The lowest BCUT2D eigenvalue weighted by atomic mass is 10.2. The van der Waals surface area contributed by atoms with Crippen LogP contribution in [0.2, 0.25) is 5.15 Å². The second-order valence-electron chi connectivity index (χ2n) is 5.30. The fourth-order valence-electron chi connectivity index (χ4n) is 2.30. The van der Waals surface area contributed by atoms with E-state index in [1.807, 2.05) is 43.3 Å². The zero-order valence-electron chi connectivity index (χ0n) is 14.1. The largest absolute Gasteiger partial charge is 0.494 e. The molecule has 1 N–H and O–H groups in total. The first kappa shape index (κ1) is 17.8. The molecule has 1 amide bonds. The predicted octanol–water partition coefficient (Wildman–Crippen LogP) is 5.18. The van der Waals surface area contributed by atoms with Gasteiger partial charge < -0.3 is 14.8 Å². The first-order chi connectivity index (χ1) is 12.7. The molecule has 6 heteroatoms. The lowest BCUT2D eigenvalue weighted by molar-refractivity contribution is 0.102. The Kier molecular flexibility index (Phi) is 5.71. The number of carbonyl (C=O) groups is 1. The van der Waals surface area contributed by atoms with Gasteiger partial charge in [0, 0.05) is 6.20 Å². The standard InChI is InChI=1S/C20H17ClN2O3/c1-2-25-14-9-11-15(12-10-14)26-18-8-4-3-7-17(18)23-20(24)16-6-5-13-22-19(16)21/h3-13H,2H2,1H3,(H,23,24). The number of para-hydroxylation sites is 2. The zero-order chi connectivity index (χ0) is 18.4. The number of hydrogen-bond donors (Lipinski definition) is 1. The number of anilines is 1. The number of nitrogens with one attached hydrogen (secondary N) is 1. The molecule has 2 aromatic carbocycles. The summed E-state index contributed by atoms with van der Waals surface area (Å²) < 4.78 is 11.3. The number of ether oxygens (including phenoxy) is 2. The van der Waals surface area contributed by atoms with Gasteiger partial charge in [-0.15, -0.1) is 0 Å². The molecule has 0 saturated heterocycles. The molecule has 0 bridgehead atoms. The summed E-state index contributed by atoms with van der Waals surface area (Å²) in [6, 6.07) is 17.7. The fraction of sp³-hybridized carbons (Fsp3) is 0.100. The lowest BCUT2D eigenvalue weighted by Crippen LogP contribution is -2.13. The van der Waals surface area contributed by atoms with E-state index < -0.39 is 0 Å². The fourth-order valence-corrected chi connectivity index (χ4v) is 2.51. The molecule has 0 unspecified atom stereocenters. The van der Waals surface area contributed by atoms with Crippen molar-refractivity contribution >= 4 is 23.2 Å². The summed E-state index contributed by atoms with van der Waals surface area (Å²) in [5.74, 6) is 1.57. The van der Waals surface area contributed by atoms with Crippen LogP contribution in [0.25, 0.3) is 0 Å². The Hall–Kier alpha value is -3.05. The molecule has 0 fully saturated rings. The van der Waals surface area contributed by atoms with Crippen LogP contribution in [-0.2, 0) is 0 Å². The average molecular weight is 369 g/mol. The number of carbonyl (C=O) groups excluding carboxylic acids is 1. The van der Waals surface area contributed by atoms with Crippen LogP contribution in [0, 0.1) is 0 Å². The highest BCUT2D eigenvalue weighted by Crippen LogP contribution is 2.30. The van der Waals surface area contributed by atoms with Gasteiger partial charge in [0.2, 0.25) is 0 Å². The van der Waals surface area contributed by atoms with Crippen molar-refractivity contribution in [2.75, 3.05) is 11.9 Å². The summed E-state index contributed by atoms with van der Waals surface area (Å²) in [6.07, 6.45) is 1.53. The minimum Gasteiger partial charge on any atom is -0.494 e. The Morgan fingerprint density at radius 2 is 1.77 bits per heavy atom. The van der Waals surface area contributed by atoms with Crippen LogP contribution in [-0.4, -0.2) is 17.5 Å². The van der Waals surface area contributed by atoms with Crippen molar-refractivity contribution in [1.29, 1.82) is 0 Å². The van der Waals surface area contributed by atoms with Gasteiger partial charge in [0.25, 0.3) is 5.91 Å². The summed E-state index contributed by atoms with van der Waals surface area (Å²) in [6.45, 7) is 2.53. The Labute approximate surface area is 156 Å². The smallest absolute Gasteiger partial charge is 0.258 e. The second-order valence-corrected chi connectivity index (χ2v) is 5.66. The molecular weight excluding hydrogens is 352 g/mol. The molecule has 5 nitrogen and oxygen atoms in total. The molecule has 1 heterocycles. The van der Waals surface area contributed by atoms with Gasteiger partial charge in [-0.3, -0.25) is 4.79 Å². The summed E-state index contributed by atoms with van der Waals surface area (Å²) in [5, 5.41) is 2.95. The molecule has 0 spiro atoms. The molecule has 3 aromatic rings. The summed E-state index contributed by atoms with van der Waals surface area (Å²) in [4.78, 5) is 16.4. The number of rotatable bonds is 6. The number of nitrogens with zero attached hydrogens (tertiary/aromatic N) is 1. The molecule has 0 radical (unpaired) electrons. The molecule has 26 heavy (non-hydrogen) atoms. The number of hydrogen-bond acceptors (Lipinski definition) is 4. The first-order valence-corrected chi connectivity index (χ1v) is 8.47. The van der Waals surface area contributed by atoms with Gasteiger partial charge in [-0.05, 0) is 55.5 Å². The molecule has 3 rings (SSSR count). The second kappa shape index (κ2) is 8.36. The van der Waals surface area contributed by atoms with E-state index in [1.165, 1.54) is 6.20 Å². The van der Waals surface area contributed by atoms with E-state index in [1.54, 1.807) is 24.3 Å². The van der Waals surface area contributed by atoms with Crippen molar-refractivity contribution in [1.82, 2.24) is 4.98 Å². The maximum absolute atomic E-state index is 12.4. The van der Waals surface area contributed by atoms with Crippen LogP contribution in [0.3, 0.4) is 0 Å². The van der Waals surface area contributed by atoms with Crippen LogP contribution in [0.4, 0.5) is 5.69 Å². The molecule has 0 aliphatic rings. The SMILES string of the molecule is CCOc1ccc(Oc2ccccc2NC(=O)c2cccnc2Cl)cc1. The van der Waals surface area contributed by atoms with Crippen LogP contribution in [0.1, 0.15) is 17.3 Å². The van der Waals surface area contributed by atoms with E-state index >= 15 is 0 Å². The monoisotopic (exact) mass is 368 g/mol. The summed E-state index contributed by atoms with van der Waals surface area (Å²) in [5.41, 5.74) is 0.830. The Morgan fingerprint density at radius 1 is 1.04 bits per heavy atom. The molecular formula is C20H17ClN2O3. The highest BCUT2D eigenvalue weighted by atomic mass is 35.5. The number of amides is 1.